The van der Waals surface area contributed by atoms with E-state index in [1.54, 1.807) is 6.07 Å². The molecule has 1 aromatic rings. The Hall–Kier alpha value is -0.450. The minimum atomic E-state index is 0.308. The number of hydrogen-bond donors (Lipinski definition) is 2. The molecule has 1 saturated heterocycles. The van der Waals surface area contributed by atoms with Crippen molar-refractivity contribution >= 4 is 38.9 Å². The number of halogens is 2. The first-order valence-corrected chi connectivity index (χ1v) is 5.94. The lowest BCUT2D eigenvalue weighted by atomic mass is 10.2. The Labute approximate surface area is 102 Å². The van der Waals surface area contributed by atoms with Gasteiger partial charge in [0.15, 0.2) is 0 Å². The molecule has 0 bridgehead atoms. The van der Waals surface area contributed by atoms with Crippen LogP contribution in [0.15, 0.2) is 16.6 Å². The van der Waals surface area contributed by atoms with E-state index in [0.717, 1.165) is 29.7 Å². The third-order valence-electron chi connectivity index (χ3n) is 2.41. The summed E-state index contributed by atoms with van der Waals surface area (Å²) in [5.41, 5.74) is 7.28. The van der Waals surface area contributed by atoms with Crippen molar-refractivity contribution < 1.29 is 4.74 Å². The van der Waals surface area contributed by atoms with E-state index >= 15 is 0 Å². The Bertz CT molecular complexity index is 369. The summed E-state index contributed by atoms with van der Waals surface area (Å²) < 4.78 is 6.22. The molecular formula is C10H12BrClN2O. The van der Waals surface area contributed by atoms with Gasteiger partial charge in [0, 0.05) is 17.6 Å². The molecule has 0 spiro atoms. The SMILES string of the molecule is Nc1c(Cl)cc(Br)cc1NCC1CCO1. The first-order valence-electron chi connectivity index (χ1n) is 4.77. The van der Waals surface area contributed by atoms with Gasteiger partial charge >= 0.3 is 0 Å². The Balaban J connectivity index is 2.05. The first-order chi connectivity index (χ1) is 7.16. The molecule has 0 saturated carbocycles. The fraction of sp³-hybridized carbons (Fsp3) is 0.400. The average molecular weight is 292 g/mol. The minimum absolute atomic E-state index is 0.308. The van der Waals surface area contributed by atoms with E-state index in [1.165, 1.54) is 0 Å². The van der Waals surface area contributed by atoms with Crippen molar-refractivity contribution in [1.82, 2.24) is 0 Å². The van der Waals surface area contributed by atoms with Crippen LogP contribution in [0.3, 0.4) is 0 Å². The monoisotopic (exact) mass is 290 g/mol. The van der Waals surface area contributed by atoms with Gasteiger partial charge in [-0.15, -0.1) is 0 Å². The van der Waals surface area contributed by atoms with Gasteiger partial charge in [-0.3, -0.25) is 0 Å². The molecule has 1 unspecified atom stereocenters. The summed E-state index contributed by atoms with van der Waals surface area (Å²) >= 11 is 9.33. The molecule has 0 amide bonds. The third-order valence-corrected chi connectivity index (χ3v) is 3.18. The molecule has 82 valence electrons. The lowest BCUT2D eigenvalue weighted by Gasteiger charge is -2.27. The molecule has 5 heteroatoms. The van der Waals surface area contributed by atoms with E-state index in [2.05, 4.69) is 21.2 Å². The lowest BCUT2D eigenvalue weighted by Crippen LogP contribution is -2.33. The largest absolute Gasteiger partial charge is 0.396 e. The van der Waals surface area contributed by atoms with Crippen molar-refractivity contribution in [3.8, 4) is 0 Å². The summed E-state index contributed by atoms with van der Waals surface area (Å²) in [6.45, 7) is 1.64. The molecule has 1 heterocycles. The van der Waals surface area contributed by atoms with Crippen molar-refractivity contribution in [1.29, 1.82) is 0 Å². The Kier molecular flexibility index (Phi) is 3.38. The zero-order valence-corrected chi connectivity index (χ0v) is 10.4. The molecule has 1 fully saturated rings. The van der Waals surface area contributed by atoms with Gasteiger partial charge < -0.3 is 15.8 Å². The van der Waals surface area contributed by atoms with Crippen LogP contribution in [0.2, 0.25) is 5.02 Å². The van der Waals surface area contributed by atoms with Crippen molar-refractivity contribution in [2.45, 2.75) is 12.5 Å². The van der Waals surface area contributed by atoms with Crippen molar-refractivity contribution in [3.05, 3.63) is 21.6 Å². The summed E-state index contributed by atoms with van der Waals surface area (Å²) in [5.74, 6) is 0. The second-order valence-electron chi connectivity index (χ2n) is 3.51. The minimum Gasteiger partial charge on any atom is -0.396 e. The van der Waals surface area contributed by atoms with Gasteiger partial charge in [-0.2, -0.15) is 0 Å². The number of benzene rings is 1. The molecule has 3 N–H and O–H groups in total. The molecule has 0 radical (unpaired) electrons. The molecule has 0 aromatic heterocycles. The predicted octanol–water partition coefficient (Wildman–Crippen LogP) is 2.89. The molecular weight excluding hydrogens is 279 g/mol. The molecule has 1 aliphatic heterocycles. The molecule has 0 aliphatic carbocycles. The quantitative estimate of drug-likeness (QED) is 0.842. The van der Waals surface area contributed by atoms with Crippen LogP contribution in [0.5, 0.6) is 0 Å². The highest BCUT2D eigenvalue weighted by atomic mass is 79.9. The second kappa shape index (κ2) is 4.60. The van der Waals surface area contributed by atoms with Crippen LogP contribution < -0.4 is 11.1 Å². The maximum atomic E-state index is 5.96. The zero-order valence-electron chi connectivity index (χ0n) is 8.09. The van der Waals surface area contributed by atoms with E-state index in [0.29, 0.717) is 16.8 Å². The lowest BCUT2D eigenvalue weighted by molar-refractivity contribution is -0.0410. The Morgan fingerprint density at radius 2 is 2.33 bits per heavy atom. The van der Waals surface area contributed by atoms with Crippen LogP contribution >= 0.6 is 27.5 Å². The number of nitrogens with two attached hydrogens (primary N) is 1. The standard InChI is InChI=1S/C10H12BrClN2O/c11-6-3-8(12)10(13)9(4-6)14-5-7-1-2-15-7/h3-4,7,14H,1-2,5,13H2. The summed E-state index contributed by atoms with van der Waals surface area (Å²) in [6.07, 6.45) is 1.41. The van der Waals surface area contributed by atoms with Crippen molar-refractivity contribution in [2.24, 2.45) is 0 Å². The molecule has 2 rings (SSSR count). The smallest absolute Gasteiger partial charge is 0.0769 e. The van der Waals surface area contributed by atoms with Crippen LogP contribution in [0.4, 0.5) is 11.4 Å². The van der Waals surface area contributed by atoms with Gasteiger partial charge in [-0.25, -0.2) is 0 Å². The van der Waals surface area contributed by atoms with E-state index in [4.69, 9.17) is 22.1 Å². The fourth-order valence-corrected chi connectivity index (χ4v) is 2.21. The zero-order chi connectivity index (χ0) is 10.8. The van der Waals surface area contributed by atoms with E-state index < -0.39 is 0 Å². The van der Waals surface area contributed by atoms with Gasteiger partial charge in [0.1, 0.15) is 0 Å². The number of ether oxygens (including phenoxy) is 1. The highest BCUT2D eigenvalue weighted by molar-refractivity contribution is 9.10. The van der Waals surface area contributed by atoms with E-state index in [1.807, 2.05) is 6.07 Å². The number of anilines is 2. The van der Waals surface area contributed by atoms with E-state index in [9.17, 15) is 0 Å². The maximum absolute atomic E-state index is 5.96. The van der Waals surface area contributed by atoms with Crippen LogP contribution in [0.1, 0.15) is 6.42 Å². The molecule has 15 heavy (non-hydrogen) atoms. The van der Waals surface area contributed by atoms with Gasteiger partial charge in [-0.1, -0.05) is 27.5 Å². The first kappa shape index (κ1) is 11.0. The average Bonchev–Trinajstić information content (AvgIpc) is 2.10. The van der Waals surface area contributed by atoms with Crippen LogP contribution in [0, 0.1) is 0 Å². The molecule has 1 atom stereocenters. The second-order valence-corrected chi connectivity index (χ2v) is 4.83. The van der Waals surface area contributed by atoms with Gasteiger partial charge in [-0.05, 0) is 18.6 Å². The normalized spacial score (nSPS) is 19.7. The topological polar surface area (TPSA) is 47.3 Å². The van der Waals surface area contributed by atoms with Crippen molar-refractivity contribution in [2.75, 3.05) is 24.2 Å². The highest BCUT2D eigenvalue weighted by Gasteiger charge is 2.18. The Morgan fingerprint density at radius 1 is 1.60 bits per heavy atom. The van der Waals surface area contributed by atoms with Gasteiger partial charge in [0.05, 0.1) is 22.5 Å². The maximum Gasteiger partial charge on any atom is 0.0769 e. The number of rotatable bonds is 3. The summed E-state index contributed by atoms with van der Waals surface area (Å²) in [5, 5.41) is 3.79. The highest BCUT2D eigenvalue weighted by Crippen LogP contribution is 2.31. The molecule has 1 aromatic carbocycles. The number of nitrogen functional groups attached to an aromatic ring is 1. The van der Waals surface area contributed by atoms with Gasteiger partial charge in [0.2, 0.25) is 0 Å². The summed E-state index contributed by atoms with van der Waals surface area (Å²) in [7, 11) is 0. The summed E-state index contributed by atoms with van der Waals surface area (Å²) in [4.78, 5) is 0. The van der Waals surface area contributed by atoms with Crippen molar-refractivity contribution in [3.63, 3.8) is 0 Å². The number of nitrogens with one attached hydrogen (secondary N) is 1. The number of hydrogen-bond acceptors (Lipinski definition) is 3. The van der Waals surface area contributed by atoms with Crippen LogP contribution in [-0.4, -0.2) is 19.3 Å². The Morgan fingerprint density at radius 3 is 2.93 bits per heavy atom. The van der Waals surface area contributed by atoms with Gasteiger partial charge in [0.25, 0.3) is 0 Å². The molecule has 1 aliphatic rings. The van der Waals surface area contributed by atoms with Crippen LogP contribution in [0.25, 0.3) is 0 Å². The fourth-order valence-electron chi connectivity index (χ4n) is 1.40. The predicted molar refractivity (Wildman–Crippen MR) is 66.4 cm³/mol. The van der Waals surface area contributed by atoms with Crippen LogP contribution in [-0.2, 0) is 4.74 Å². The third kappa shape index (κ3) is 2.56. The van der Waals surface area contributed by atoms with E-state index in [-0.39, 0.29) is 0 Å². The summed E-state index contributed by atoms with van der Waals surface area (Å²) in [6, 6.07) is 3.70. The molecule has 3 nitrogen and oxygen atoms in total.